The Hall–Kier alpha value is -3.41. The molecule has 0 radical (unpaired) electrons. The van der Waals surface area contributed by atoms with Crippen molar-refractivity contribution < 1.29 is 9.53 Å². The Morgan fingerprint density at radius 2 is 1.96 bits per heavy atom. The summed E-state index contributed by atoms with van der Waals surface area (Å²) in [6, 6.07) is 17.5. The van der Waals surface area contributed by atoms with Gasteiger partial charge in [-0.05, 0) is 42.3 Å². The quantitative estimate of drug-likeness (QED) is 0.527. The topological polar surface area (TPSA) is 68.5 Å². The number of benzene rings is 2. The predicted octanol–water partition coefficient (Wildman–Crippen LogP) is 2.92. The monoisotopic (exact) mass is 348 g/mol. The average Bonchev–Trinajstić information content (AvgIpc) is 3.06. The minimum absolute atomic E-state index is 0.190. The number of rotatable bonds is 7. The number of carbonyl (C=O) groups is 1. The van der Waals surface area contributed by atoms with E-state index in [-0.39, 0.29) is 12.5 Å². The summed E-state index contributed by atoms with van der Waals surface area (Å²) in [5, 5.41) is 3.98. The van der Waals surface area contributed by atoms with Crippen LogP contribution in [0.3, 0.4) is 0 Å². The number of carbonyl (C=O) groups excluding carboxylic acids is 1. The Morgan fingerprint density at radius 3 is 2.65 bits per heavy atom. The van der Waals surface area contributed by atoms with Crippen molar-refractivity contribution in [1.82, 2.24) is 15.0 Å². The molecule has 26 heavy (non-hydrogen) atoms. The van der Waals surface area contributed by atoms with E-state index < -0.39 is 0 Å². The molecule has 0 atom stereocenters. The average molecular weight is 348 g/mol. The predicted molar refractivity (Wildman–Crippen MR) is 99.9 cm³/mol. The molecule has 6 heteroatoms. The van der Waals surface area contributed by atoms with Gasteiger partial charge in [0.15, 0.2) is 0 Å². The zero-order valence-corrected chi connectivity index (χ0v) is 14.5. The highest BCUT2D eigenvalue weighted by Gasteiger charge is 2.03. The Balaban J connectivity index is 1.47. The summed E-state index contributed by atoms with van der Waals surface area (Å²) in [4.78, 5) is 15.9. The molecule has 3 aromatic rings. The molecule has 132 valence electrons. The van der Waals surface area contributed by atoms with Crippen LogP contribution >= 0.6 is 0 Å². The van der Waals surface area contributed by atoms with Crippen LogP contribution in [-0.4, -0.2) is 21.7 Å². The van der Waals surface area contributed by atoms with Crippen molar-refractivity contribution in [3.8, 4) is 5.75 Å². The highest BCUT2D eigenvalue weighted by Crippen LogP contribution is 2.13. The molecule has 0 bridgehead atoms. The highest BCUT2D eigenvalue weighted by molar-refractivity contribution is 5.82. The molecule has 2 aromatic carbocycles. The Morgan fingerprint density at radius 1 is 1.19 bits per heavy atom. The molecule has 0 unspecified atom stereocenters. The summed E-state index contributed by atoms with van der Waals surface area (Å²) in [5.74, 6) is 1.37. The summed E-state index contributed by atoms with van der Waals surface area (Å²) in [7, 11) is 0. The van der Waals surface area contributed by atoms with Crippen LogP contribution in [0.4, 0.5) is 0 Å². The van der Waals surface area contributed by atoms with E-state index >= 15 is 0 Å². The smallest absolute Gasteiger partial charge is 0.260 e. The summed E-state index contributed by atoms with van der Waals surface area (Å²) in [6.07, 6.45) is 5.01. The largest absolute Gasteiger partial charge is 0.489 e. The molecule has 1 N–H and O–H groups in total. The molecular formula is C20H20N4O2. The van der Waals surface area contributed by atoms with Crippen LogP contribution in [0.15, 0.2) is 72.1 Å². The lowest BCUT2D eigenvalue weighted by Gasteiger charge is -2.06. The SMILES string of the molecule is Cc1nccn1CC(=O)NN=Cc1ccc(OCc2ccccc2)cc1. The van der Waals surface area contributed by atoms with Crippen molar-refractivity contribution in [3.63, 3.8) is 0 Å². The van der Waals surface area contributed by atoms with Gasteiger partial charge in [-0.2, -0.15) is 5.10 Å². The molecular weight excluding hydrogens is 328 g/mol. The third kappa shape index (κ3) is 5.04. The van der Waals surface area contributed by atoms with Crippen LogP contribution < -0.4 is 10.2 Å². The van der Waals surface area contributed by atoms with Crippen molar-refractivity contribution in [1.29, 1.82) is 0 Å². The Bertz CT molecular complexity index is 870. The molecule has 0 aliphatic carbocycles. The normalized spacial score (nSPS) is 10.8. The molecule has 3 rings (SSSR count). The summed E-state index contributed by atoms with van der Waals surface area (Å²) < 4.78 is 7.49. The maximum absolute atomic E-state index is 11.8. The van der Waals surface area contributed by atoms with E-state index in [9.17, 15) is 4.79 Å². The second kappa shape index (κ2) is 8.62. The van der Waals surface area contributed by atoms with Crippen molar-refractivity contribution in [2.24, 2.45) is 5.10 Å². The molecule has 0 saturated carbocycles. The lowest BCUT2D eigenvalue weighted by Crippen LogP contribution is -2.23. The molecule has 1 amide bonds. The first-order valence-electron chi connectivity index (χ1n) is 8.27. The van der Waals surface area contributed by atoms with Gasteiger partial charge in [-0.1, -0.05) is 30.3 Å². The summed E-state index contributed by atoms with van der Waals surface area (Å²) in [5.41, 5.74) is 4.50. The van der Waals surface area contributed by atoms with Gasteiger partial charge in [0.1, 0.15) is 24.7 Å². The third-order valence-electron chi connectivity index (χ3n) is 3.77. The van der Waals surface area contributed by atoms with Crippen LogP contribution in [-0.2, 0) is 17.9 Å². The van der Waals surface area contributed by atoms with Gasteiger partial charge in [0, 0.05) is 12.4 Å². The van der Waals surface area contributed by atoms with E-state index in [2.05, 4.69) is 15.5 Å². The van der Waals surface area contributed by atoms with E-state index in [1.165, 1.54) is 0 Å². The molecule has 0 aliphatic rings. The number of imidazole rings is 1. The fraction of sp³-hybridized carbons (Fsp3) is 0.150. The van der Waals surface area contributed by atoms with Crippen LogP contribution in [0.1, 0.15) is 17.0 Å². The van der Waals surface area contributed by atoms with Gasteiger partial charge in [-0.3, -0.25) is 4.79 Å². The maximum Gasteiger partial charge on any atom is 0.260 e. The van der Waals surface area contributed by atoms with Gasteiger partial charge in [-0.15, -0.1) is 0 Å². The fourth-order valence-corrected chi connectivity index (χ4v) is 2.33. The lowest BCUT2D eigenvalue weighted by atomic mass is 10.2. The van der Waals surface area contributed by atoms with Crippen LogP contribution in [0.25, 0.3) is 0 Å². The van der Waals surface area contributed by atoms with E-state index in [0.717, 1.165) is 22.7 Å². The first-order valence-corrected chi connectivity index (χ1v) is 8.27. The van der Waals surface area contributed by atoms with E-state index in [4.69, 9.17) is 4.74 Å². The molecule has 1 heterocycles. The minimum Gasteiger partial charge on any atom is -0.489 e. The second-order valence-electron chi connectivity index (χ2n) is 5.74. The molecule has 1 aromatic heterocycles. The van der Waals surface area contributed by atoms with Gasteiger partial charge in [-0.25, -0.2) is 10.4 Å². The Kier molecular flexibility index (Phi) is 5.77. The van der Waals surface area contributed by atoms with Crippen molar-refractivity contribution in [3.05, 3.63) is 83.9 Å². The van der Waals surface area contributed by atoms with E-state index in [0.29, 0.717) is 6.61 Å². The van der Waals surface area contributed by atoms with Gasteiger partial charge < -0.3 is 9.30 Å². The summed E-state index contributed by atoms with van der Waals surface area (Å²) in [6.45, 7) is 2.56. The number of hydrazone groups is 1. The first-order chi connectivity index (χ1) is 12.7. The molecule has 0 aliphatic heterocycles. The summed E-state index contributed by atoms with van der Waals surface area (Å²) >= 11 is 0. The minimum atomic E-state index is -0.204. The maximum atomic E-state index is 11.8. The number of nitrogens with zero attached hydrogens (tertiary/aromatic N) is 3. The highest BCUT2D eigenvalue weighted by atomic mass is 16.5. The zero-order chi connectivity index (χ0) is 18.2. The molecule has 6 nitrogen and oxygen atoms in total. The fourth-order valence-electron chi connectivity index (χ4n) is 2.33. The number of aromatic nitrogens is 2. The van der Waals surface area contributed by atoms with Crippen molar-refractivity contribution in [2.45, 2.75) is 20.1 Å². The van der Waals surface area contributed by atoms with Crippen molar-refractivity contribution in [2.75, 3.05) is 0 Å². The van der Waals surface area contributed by atoms with Gasteiger partial charge in [0.2, 0.25) is 0 Å². The van der Waals surface area contributed by atoms with Crippen LogP contribution in [0.5, 0.6) is 5.75 Å². The second-order valence-corrected chi connectivity index (χ2v) is 5.74. The van der Waals surface area contributed by atoms with Crippen molar-refractivity contribution >= 4 is 12.1 Å². The zero-order valence-electron chi connectivity index (χ0n) is 14.5. The molecule has 0 fully saturated rings. The van der Waals surface area contributed by atoms with Gasteiger partial charge in [0.25, 0.3) is 5.91 Å². The number of hydrogen-bond donors (Lipinski definition) is 1. The number of hydrogen-bond acceptors (Lipinski definition) is 4. The number of amides is 1. The number of aryl methyl sites for hydroxylation is 1. The molecule has 0 saturated heterocycles. The number of ether oxygens (including phenoxy) is 1. The lowest BCUT2D eigenvalue weighted by molar-refractivity contribution is -0.121. The first kappa shape index (κ1) is 17.4. The van der Waals surface area contributed by atoms with E-state index in [1.54, 1.807) is 23.2 Å². The van der Waals surface area contributed by atoms with E-state index in [1.807, 2.05) is 61.5 Å². The Labute approximate surface area is 152 Å². The third-order valence-corrected chi connectivity index (χ3v) is 3.77. The van der Waals surface area contributed by atoms with Gasteiger partial charge >= 0.3 is 0 Å². The number of nitrogens with one attached hydrogen (secondary N) is 1. The van der Waals surface area contributed by atoms with Crippen LogP contribution in [0, 0.1) is 6.92 Å². The van der Waals surface area contributed by atoms with Gasteiger partial charge in [0.05, 0.1) is 6.21 Å². The standard InChI is InChI=1S/C20H20N4O2/c1-16-21-11-12-24(16)14-20(25)23-22-13-17-7-9-19(10-8-17)26-15-18-5-3-2-4-6-18/h2-13H,14-15H2,1H3,(H,23,25). The van der Waals surface area contributed by atoms with Crippen LogP contribution in [0.2, 0.25) is 0 Å². The molecule has 0 spiro atoms.